The van der Waals surface area contributed by atoms with Gasteiger partial charge >= 0.3 is 6.18 Å². The van der Waals surface area contributed by atoms with Crippen LogP contribution in [0.5, 0.6) is 0 Å². The third-order valence-corrected chi connectivity index (χ3v) is 3.45. The number of aryl methyl sites for hydroxylation is 1. The second-order valence-electron chi connectivity index (χ2n) is 4.41. The van der Waals surface area contributed by atoms with Crippen molar-refractivity contribution in [1.82, 2.24) is 0 Å². The summed E-state index contributed by atoms with van der Waals surface area (Å²) in [6.45, 7) is 1.88. The lowest BCUT2D eigenvalue weighted by Crippen LogP contribution is -2.07. The summed E-state index contributed by atoms with van der Waals surface area (Å²) in [5, 5.41) is 2.91. The maximum absolute atomic E-state index is 12.8. The van der Waals surface area contributed by atoms with E-state index in [9.17, 15) is 13.2 Å². The molecule has 0 aliphatic carbocycles. The van der Waals surface area contributed by atoms with Gasteiger partial charge in [0.15, 0.2) is 0 Å². The smallest absolute Gasteiger partial charge is 0.397 e. The highest BCUT2D eigenvalue weighted by Gasteiger charge is 2.33. The van der Waals surface area contributed by atoms with Crippen LogP contribution in [0.2, 0.25) is 0 Å². The quantitative estimate of drug-likeness (QED) is 0.743. The number of halogens is 4. The Morgan fingerprint density at radius 1 is 1.10 bits per heavy atom. The Balaban J connectivity index is 2.37. The van der Waals surface area contributed by atoms with Crippen molar-refractivity contribution in [3.05, 3.63) is 52.0 Å². The number of nitrogens with one attached hydrogen (secondary N) is 1. The van der Waals surface area contributed by atoms with E-state index in [0.717, 1.165) is 11.6 Å². The van der Waals surface area contributed by atoms with Crippen LogP contribution in [-0.2, 0) is 6.18 Å². The minimum Gasteiger partial charge on any atom is -0.397 e. The average molecular weight is 345 g/mol. The predicted octanol–water partition coefficient (Wildman–Crippen LogP) is 5.10. The Bertz CT molecular complexity index is 639. The van der Waals surface area contributed by atoms with E-state index in [4.69, 9.17) is 5.73 Å². The molecule has 0 aliphatic rings. The fourth-order valence-electron chi connectivity index (χ4n) is 1.75. The molecule has 3 N–H and O–H groups in total. The highest BCUT2D eigenvalue weighted by molar-refractivity contribution is 9.10. The SMILES string of the molecule is Cc1ccc(N)c(Nc2ccc(Br)c(C(F)(F)F)c2)c1. The van der Waals surface area contributed by atoms with Crippen molar-refractivity contribution >= 4 is 33.0 Å². The van der Waals surface area contributed by atoms with Crippen LogP contribution in [0.3, 0.4) is 0 Å². The number of nitrogen functional groups attached to an aromatic ring is 1. The lowest BCUT2D eigenvalue weighted by molar-refractivity contribution is -0.138. The number of hydrogen-bond acceptors (Lipinski definition) is 2. The molecule has 2 rings (SSSR count). The fourth-order valence-corrected chi connectivity index (χ4v) is 2.23. The summed E-state index contributed by atoms with van der Waals surface area (Å²) in [6.07, 6.45) is -4.41. The van der Waals surface area contributed by atoms with Gasteiger partial charge in [-0.3, -0.25) is 0 Å². The zero-order valence-corrected chi connectivity index (χ0v) is 12.1. The maximum Gasteiger partial charge on any atom is 0.417 e. The van der Waals surface area contributed by atoms with Gasteiger partial charge < -0.3 is 11.1 Å². The van der Waals surface area contributed by atoms with Gasteiger partial charge in [-0.15, -0.1) is 0 Å². The Kier molecular flexibility index (Phi) is 3.94. The number of benzene rings is 2. The topological polar surface area (TPSA) is 38.0 Å². The molecule has 0 amide bonds. The molecule has 106 valence electrons. The highest BCUT2D eigenvalue weighted by atomic mass is 79.9. The summed E-state index contributed by atoms with van der Waals surface area (Å²) in [6, 6.07) is 9.29. The molecule has 2 aromatic rings. The van der Waals surface area contributed by atoms with Crippen molar-refractivity contribution in [3.63, 3.8) is 0 Å². The molecule has 0 saturated carbocycles. The molecule has 0 aromatic heterocycles. The summed E-state index contributed by atoms with van der Waals surface area (Å²) >= 11 is 2.91. The Labute approximate surface area is 122 Å². The maximum atomic E-state index is 12.8. The zero-order valence-electron chi connectivity index (χ0n) is 10.6. The third kappa shape index (κ3) is 3.25. The molecule has 0 bridgehead atoms. The Morgan fingerprint density at radius 2 is 1.80 bits per heavy atom. The Morgan fingerprint density at radius 3 is 2.45 bits per heavy atom. The number of rotatable bonds is 2. The molecule has 0 fully saturated rings. The standard InChI is InChI=1S/C14H12BrF3N2/c1-8-2-5-12(19)13(6-8)20-9-3-4-11(15)10(7-9)14(16,17)18/h2-7,20H,19H2,1H3. The van der Waals surface area contributed by atoms with Crippen molar-refractivity contribution in [2.45, 2.75) is 13.1 Å². The van der Waals surface area contributed by atoms with Gasteiger partial charge in [-0.25, -0.2) is 0 Å². The second kappa shape index (κ2) is 5.36. The summed E-state index contributed by atoms with van der Waals surface area (Å²) in [5.41, 5.74) is 7.43. The lowest BCUT2D eigenvalue weighted by Gasteiger charge is -2.14. The molecular weight excluding hydrogens is 333 g/mol. The fraction of sp³-hybridized carbons (Fsp3) is 0.143. The predicted molar refractivity (Wildman–Crippen MR) is 78.0 cm³/mol. The van der Waals surface area contributed by atoms with E-state index in [-0.39, 0.29) is 4.47 Å². The van der Waals surface area contributed by atoms with Crippen molar-refractivity contribution in [3.8, 4) is 0 Å². The first kappa shape index (κ1) is 14.7. The Hall–Kier alpha value is -1.69. The van der Waals surface area contributed by atoms with Crippen LogP contribution in [-0.4, -0.2) is 0 Å². The highest BCUT2D eigenvalue weighted by Crippen LogP contribution is 2.37. The molecule has 2 nitrogen and oxygen atoms in total. The number of anilines is 3. The average Bonchev–Trinajstić information content (AvgIpc) is 2.35. The molecule has 0 atom stereocenters. The van der Waals surface area contributed by atoms with Crippen LogP contribution in [0.1, 0.15) is 11.1 Å². The van der Waals surface area contributed by atoms with Gasteiger partial charge in [-0.1, -0.05) is 22.0 Å². The number of hydrogen-bond donors (Lipinski definition) is 2. The van der Waals surface area contributed by atoms with Gasteiger partial charge in [0, 0.05) is 10.2 Å². The van der Waals surface area contributed by atoms with E-state index in [1.54, 1.807) is 18.2 Å². The third-order valence-electron chi connectivity index (χ3n) is 2.76. The van der Waals surface area contributed by atoms with E-state index in [1.165, 1.54) is 6.07 Å². The molecule has 0 unspecified atom stereocenters. The molecular formula is C14H12BrF3N2. The minimum absolute atomic E-state index is 0.00719. The first-order valence-electron chi connectivity index (χ1n) is 5.77. The first-order valence-corrected chi connectivity index (χ1v) is 6.56. The van der Waals surface area contributed by atoms with Crippen LogP contribution in [0, 0.1) is 6.92 Å². The van der Waals surface area contributed by atoms with E-state index >= 15 is 0 Å². The second-order valence-corrected chi connectivity index (χ2v) is 5.26. The van der Waals surface area contributed by atoms with Crippen LogP contribution >= 0.6 is 15.9 Å². The molecule has 20 heavy (non-hydrogen) atoms. The lowest BCUT2D eigenvalue weighted by atomic mass is 10.1. The number of alkyl halides is 3. The van der Waals surface area contributed by atoms with Crippen molar-refractivity contribution in [2.24, 2.45) is 0 Å². The normalized spacial score (nSPS) is 11.4. The first-order chi connectivity index (χ1) is 9.27. The molecule has 0 aliphatic heterocycles. The zero-order chi connectivity index (χ0) is 14.9. The van der Waals surface area contributed by atoms with Crippen molar-refractivity contribution in [1.29, 1.82) is 0 Å². The van der Waals surface area contributed by atoms with E-state index in [2.05, 4.69) is 21.2 Å². The van der Waals surface area contributed by atoms with E-state index < -0.39 is 11.7 Å². The van der Waals surface area contributed by atoms with Gasteiger partial charge in [-0.05, 0) is 42.8 Å². The number of nitrogens with two attached hydrogens (primary N) is 1. The molecule has 0 radical (unpaired) electrons. The minimum atomic E-state index is -4.41. The van der Waals surface area contributed by atoms with Gasteiger partial charge in [0.1, 0.15) is 0 Å². The van der Waals surface area contributed by atoms with Crippen LogP contribution in [0.15, 0.2) is 40.9 Å². The van der Waals surface area contributed by atoms with Crippen LogP contribution in [0.4, 0.5) is 30.2 Å². The van der Waals surface area contributed by atoms with Crippen molar-refractivity contribution in [2.75, 3.05) is 11.1 Å². The van der Waals surface area contributed by atoms with Gasteiger partial charge in [0.05, 0.1) is 16.9 Å². The molecule has 0 saturated heterocycles. The largest absolute Gasteiger partial charge is 0.417 e. The van der Waals surface area contributed by atoms with Crippen LogP contribution in [0.25, 0.3) is 0 Å². The van der Waals surface area contributed by atoms with Gasteiger partial charge in [-0.2, -0.15) is 13.2 Å². The molecule has 2 aromatic carbocycles. The van der Waals surface area contributed by atoms with Gasteiger partial charge in [0.25, 0.3) is 0 Å². The van der Waals surface area contributed by atoms with Crippen LogP contribution < -0.4 is 11.1 Å². The molecule has 0 heterocycles. The van der Waals surface area contributed by atoms with E-state index in [0.29, 0.717) is 17.1 Å². The molecule has 0 spiro atoms. The summed E-state index contributed by atoms with van der Waals surface area (Å²) in [7, 11) is 0. The molecule has 6 heteroatoms. The van der Waals surface area contributed by atoms with E-state index in [1.807, 2.05) is 13.0 Å². The summed E-state index contributed by atoms with van der Waals surface area (Å²) in [4.78, 5) is 0. The summed E-state index contributed by atoms with van der Waals surface area (Å²) < 4.78 is 38.5. The van der Waals surface area contributed by atoms with Crippen molar-refractivity contribution < 1.29 is 13.2 Å². The van der Waals surface area contributed by atoms with Gasteiger partial charge in [0.2, 0.25) is 0 Å². The monoisotopic (exact) mass is 344 g/mol. The summed E-state index contributed by atoms with van der Waals surface area (Å²) in [5.74, 6) is 0.